The number of anilines is 2. The van der Waals surface area contributed by atoms with Crippen molar-refractivity contribution in [2.45, 2.75) is 37.1 Å². The first-order chi connectivity index (χ1) is 15.9. The van der Waals surface area contributed by atoms with Crippen molar-refractivity contribution in [1.82, 2.24) is 4.31 Å². The van der Waals surface area contributed by atoms with Gasteiger partial charge in [0.15, 0.2) is 0 Å². The average molecular weight is 530 g/mol. The van der Waals surface area contributed by atoms with Gasteiger partial charge in [-0.05, 0) is 62.2 Å². The fraction of sp³-hybridized carbons (Fsp3) is 0.409. The number of carbonyl (C=O) groups is 1. The van der Waals surface area contributed by atoms with Gasteiger partial charge in [-0.25, -0.2) is 16.8 Å². The second-order valence-corrected chi connectivity index (χ2v) is 12.2. The smallest absolute Gasteiger partial charge is 0.247 e. The van der Waals surface area contributed by atoms with Crippen LogP contribution in [0.4, 0.5) is 11.4 Å². The number of benzene rings is 2. The summed E-state index contributed by atoms with van der Waals surface area (Å²) in [4.78, 5) is 13.1. The number of piperidine rings is 1. The summed E-state index contributed by atoms with van der Waals surface area (Å²) in [6, 6.07) is 9.14. The first kappa shape index (κ1) is 26.3. The molecule has 1 aliphatic rings. The molecule has 2 aromatic carbocycles. The molecular weight excluding hydrogens is 502 g/mol. The Labute approximate surface area is 205 Å². The molecule has 0 bridgehead atoms. The molecule has 3 rings (SSSR count). The summed E-state index contributed by atoms with van der Waals surface area (Å²) in [5.74, 6) is -0.223. The maximum absolute atomic E-state index is 12.9. The van der Waals surface area contributed by atoms with Crippen LogP contribution in [0.2, 0.25) is 5.02 Å². The van der Waals surface area contributed by atoms with Gasteiger partial charge in [0, 0.05) is 18.8 Å². The molecule has 12 heteroatoms. The van der Waals surface area contributed by atoms with Gasteiger partial charge in [-0.3, -0.25) is 9.10 Å². The molecule has 0 saturated carbocycles. The summed E-state index contributed by atoms with van der Waals surface area (Å²) in [5.41, 5.74) is 0.551. The number of hydrogen-bond donors (Lipinski definition) is 1. The van der Waals surface area contributed by atoms with E-state index >= 15 is 0 Å². The third-order valence-electron chi connectivity index (χ3n) is 5.55. The van der Waals surface area contributed by atoms with E-state index in [2.05, 4.69) is 5.32 Å². The summed E-state index contributed by atoms with van der Waals surface area (Å²) in [6.07, 6.45) is 3.68. The maximum atomic E-state index is 12.9. The Bertz CT molecular complexity index is 1240. The first-order valence-corrected chi connectivity index (χ1v) is 14.4. The summed E-state index contributed by atoms with van der Waals surface area (Å²) in [5, 5.41) is 2.85. The third kappa shape index (κ3) is 5.83. The van der Waals surface area contributed by atoms with Gasteiger partial charge in [0.1, 0.15) is 11.8 Å². The molecule has 186 valence electrons. The van der Waals surface area contributed by atoms with E-state index in [1.54, 1.807) is 0 Å². The quantitative estimate of drug-likeness (QED) is 0.561. The Morgan fingerprint density at radius 1 is 1.06 bits per heavy atom. The second-order valence-electron chi connectivity index (χ2n) is 8.03. The van der Waals surface area contributed by atoms with Crippen LogP contribution in [-0.4, -0.2) is 59.5 Å². The van der Waals surface area contributed by atoms with E-state index in [9.17, 15) is 21.6 Å². The molecule has 1 fully saturated rings. The van der Waals surface area contributed by atoms with Crippen molar-refractivity contribution in [3.05, 3.63) is 47.5 Å². The second kappa shape index (κ2) is 10.5. The zero-order chi connectivity index (χ0) is 25.1. The minimum absolute atomic E-state index is 0.145. The van der Waals surface area contributed by atoms with Crippen LogP contribution in [0, 0.1) is 0 Å². The van der Waals surface area contributed by atoms with Crippen LogP contribution in [0.5, 0.6) is 5.75 Å². The average Bonchev–Trinajstić information content (AvgIpc) is 2.79. The fourth-order valence-electron chi connectivity index (χ4n) is 3.81. The highest BCUT2D eigenvalue weighted by Crippen LogP contribution is 2.31. The van der Waals surface area contributed by atoms with Gasteiger partial charge in [0.2, 0.25) is 26.0 Å². The number of hydrogen-bond acceptors (Lipinski definition) is 6. The molecule has 2 aromatic rings. The monoisotopic (exact) mass is 529 g/mol. The number of amides is 1. The van der Waals surface area contributed by atoms with Crippen LogP contribution in [0.1, 0.15) is 26.2 Å². The van der Waals surface area contributed by atoms with E-state index in [4.69, 9.17) is 16.3 Å². The molecule has 0 radical (unpaired) electrons. The molecule has 9 nitrogen and oxygen atoms in total. The van der Waals surface area contributed by atoms with Gasteiger partial charge < -0.3 is 10.1 Å². The molecule has 1 amide bonds. The summed E-state index contributed by atoms with van der Waals surface area (Å²) >= 11 is 6.15. The van der Waals surface area contributed by atoms with Gasteiger partial charge in [0.05, 0.1) is 29.0 Å². The van der Waals surface area contributed by atoms with E-state index in [1.165, 1.54) is 60.8 Å². The lowest BCUT2D eigenvalue weighted by Gasteiger charge is -2.28. The van der Waals surface area contributed by atoms with Gasteiger partial charge >= 0.3 is 0 Å². The highest BCUT2D eigenvalue weighted by molar-refractivity contribution is 7.92. The molecule has 1 N–H and O–H groups in total. The van der Waals surface area contributed by atoms with Gasteiger partial charge in [-0.15, -0.1) is 0 Å². The minimum atomic E-state index is -3.84. The highest BCUT2D eigenvalue weighted by Gasteiger charge is 2.30. The van der Waals surface area contributed by atoms with E-state index in [0.717, 1.165) is 29.8 Å². The van der Waals surface area contributed by atoms with Crippen molar-refractivity contribution in [3.63, 3.8) is 0 Å². The van der Waals surface area contributed by atoms with Crippen molar-refractivity contribution in [3.8, 4) is 5.75 Å². The summed E-state index contributed by atoms with van der Waals surface area (Å²) in [6.45, 7) is 2.44. The zero-order valence-electron chi connectivity index (χ0n) is 19.2. The van der Waals surface area contributed by atoms with E-state index in [1.807, 2.05) is 0 Å². The van der Waals surface area contributed by atoms with Crippen LogP contribution < -0.4 is 14.4 Å². The number of nitrogens with zero attached hydrogens (tertiary/aromatic N) is 2. The van der Waals surface area contributed by atoms with Crippen molar-refractivity contribution in [2.24, 2.45) is 0 Å². The molecule has 1 heterocycles. The van der Waals surface area contributed by atoms with Crippen LogP contribution in [0.3, 0.4) is 0 Å². The van der Waals surface area contributed by atoms with Crippen LogP contribution in [-0.2, 0) is 24.8 Å². The summed E-state index contributed by atoms with van der Waals surface area (Å²) < 4.78 is 58.1. The number of carbonyl (C=O) groups excluding carboxylic acids is 1. The zero-order valence-corrected chi connectivity index (χ0v) is 21.6. The Balaban J connectivity index is 1.78. The lowest BCUT2D eigenvalue weighted by molar-refractivity contribution is -0.116. The van der Waals surface area contributed by atoms with E-state index in [0.29, 0.717) is 24.5 Å². The van der Waals surface area contributed by atoms with Crippen molar-refractivity contribution < 1.29 is 26.4 Å². The predicted molar refractivity (Wildman–Crippen MR) is 132 cm³/mol. The van der Waals surface area contributed by atoms with E-state index in [-0.39, 0.29) is 15.6 Å². The normalized spacial score (nSPS) is 16.0. The molecule has 1 atom stereocenters. The van der Waals surface area contributed by atoms with Gasteiger partial charge in [-0.2, -0.15) is 4.31 Å². The molecular formula is C22H28ClN3O6S2. The number of sulfonamides is 2. The van der Waals surface area contributed by atoms with Gasteiger partial charge in [-0.1, -0.05) is 18.0 Å². The predicted octanol–water partition coefficient (Wildman–Crippen LogP) is 3.32. The maximum Gasteiger partial charge on any atom is 0.247 e. The van der Waals surface area contributed by atoms with Crippen LogP contribution in [0.25, 0.3) is 0 Å². The van der Waals surface area contributed by atoms with Gasteiger partial charge in [0.25, 0.3) is 0 Å². The summed E-state index contributed by atoms with van der Waals surface area (Å²) in [7, 11) is -5.99. The molecule has 1 unspecified atom stereocenters. The van der Waals surface area contributed by atoms with Crippen molar-refractivity contribution in [1.29, 1.82) is 0 Å². The van der Waals surface area contributed by atoms with Crippen molar-refractivity contribution in [2.75, 3.05) is 36.1 Å². The Kier molecular flexibility index (Phi) is 8.12. The Morgan fingerprint density at radius 2 is 1.68 bits per heavy atom. The Morgan fingerprint density at radius 3 is 2.21 bits per heavy atom. The molecule has 0 aromatic heterocycles. The highest BCUT2D eigenvalue weighted by atomic mass is 35.5. The SMILES string of the molecule is COc1ccc(N(C(C)C(=O)Nc2ccc(S(=O)(=O)N3CCCCC3)cc2)S(C)(=O)=O)cc1Cl. The lowest BCUT2D eigenvalue weighted by Crippen LogP contribution is -2.45. The number of halogens is 1. The van der Waals surface area contributed by atoms with E-state index < -0.39 is 32.0 Å². The van der Waals surface area contributed by atoms with Crippen LogP contribution >= 0.6 is 11.6 Å². The standard InChI is InChI=1S/C22H28ClN3O6S2/c1-16(26(33(3,28)29)18-9-12-21(32-2)20(23)15-18)22(27)24-17-7-10-19(11-8-17)34(30,31)25-13-5-4-6-14-25/h7-12,15-16H,4-6,13-14H2,1-3H3,(H,24,27). The Hall–Kier alpha value is -2.34. The minimum Gasteiger partial charge on any atom is -0.495 e. The third-order valence-corrected chi connectivity index (χ3v) is 9.00. The molecule has 0 aliphatic carbocycles. The lowest BCUT2D eigenvalue weighted by atomic mass is 10.2. The number of methoxy groups -OCH3 is 1. The van der Waals surface area contributed by atoms with Crippen molar-refractivity contribution >= 4 is 48.9 Å². The first-order valence-electron chi connectivity index (χ1n) is 10.7. The fourth-order valence-corrected chi connectivity index (χ4v) is 6.75. The molecule has 34 heavy (non-hydrogen) atoms. The van der Waals surface area contributed by atoms with Crippen LogP contribution in [0.15, 0.2) is 47.4 Å². The number of rotatable bonds is 8. The number of ether oxygens (including phenoxy) is 1. The molecule has 1 saturated heterocycles. The largest absolute Gasteiger partial charge is 0.495 e. The molecule has 0 spiro atoms. The number of nitrogens with one attached hydrogen (secondary N) is 1. The topological polar surface area (TPSA) is 113 Å². The molecule has 1 aliphatic heterocycles.